The second-order valence-corrected chi connectivity index (χ2v) is 7.31. The lowest BCUT2D eigenvalue weighted by molar-refractivity contribution is -0.376. The molecule has 0 aliphatic rings. The van der Waals surface area contributed by atoms with Crippen molar-refractivity contribution in [3.05, 3.63) is 71.5 Å². The summed E-state index contributed by atoms with van der Waals surface area (Å²) in [6.07, 6.45) is -18.0. The van der Waals surface area contributed by atoms with Crippen molar-refractivity contribution in [1.82, 2.24) is 15.0 Å². The van der Waals surface area contributed by atoms with Gasteiger partial charge in [-0.2, -0.15) is 39.5 Å². The Morgan fingerprint density at radius 2 is 1.47 bits per heavy atom. The Morgan fingerprint density at radius 3 is 2.00 bits per heavy atom. The average molecular weight is 528 g/mol. The van der Waals surface area contributed by atoms with Gasteiger partial charge in [0.15, 0.2) is 6.10 Å². The second-order valence-electron chi connectivity index (χ2n) is 7.31. The van der Waals surface area contributed by atoms with Crippen molar-refractivity contribution in [2.24, 2.45) is 0 Å². The molecule has 0 saturated carbocycles. The van der Waals surface area contributed by atoms with Crippen LogP contribution >= 0.6 is 0 Å². The van der Waals surface area contributed by atoms with E-state index in [1.807, 2.05) is 5.32 Å². The number of hydrogen-bond acceptors (Lipinski definition) is 5. The average Bonchev–Trinajstić information content (AvgIpc) is 3.27. The Labute approximate surface area is 194 Å². The molecule has 7 nitrogen and oxygen atoms in total. The van der Waals surface area contributed by atoms with E-state index >= 15 is 0 Å². The first kappa shape index (κ1) is 26.9. The summed E-state index contributed by atoms with van der Waals surface area (Å²) >= 11 is 0. The van der Waals surface area contributed by atoms with Crippen LogP contribution in [-0.2, 0) is 16.6 Å². The summed E-state index contributed by atoms with van der Waals surface area (Å²) in [4.78, 5) is 12.2. The molecule has 3 rings (SSSR count). The third kappa shape index (κ3) is 5.13. The number of anilines is 1. The van der Waals surface area contributed by atoms with Crippen LogP contribution in [0, 0.1) is 0 Å². The molecule has 0 aliphatic carbocycles. The number of benzene rings is 2. The van der Waals surface area contributed by atoms with Crippen LogP contribution in [0.5, 0.6) is 0 Å². The fourth-order valence-corrected chi connectivity index (χ4v) is 2.98. The number of nitrogens with one attached hydrogen (secondary N) is 1. The normalized spacial score (nSPS) is 14.0. The predicted molar refractivity (Wildman–Crippen MR) is 102 cm³/mol. The number of rotatable bonds is 5. The van der Waals surface area contributed by atoms with Gasteiger partial charge in [-0.3, -0.25) is 4.79 Å². The molecule has 3 N–H and O–H groups in total. The Morgan fingerprint density at radius 1 is 0.889 bits per heavy atom. The number of carbonyl (C=O) groups excluding carboxylic acids is 1. The van der Waals surface area contributed by atoms with Crippen LogP contribution < -0.4 is 5.32 Å². The summed E-state index contributed by atoms with van der Waals surface area (Å²) in [6.45, 7) is 0. The lowest BCUT2D eigenvalue weighted by Crippen LogP contribution is -2.53. The molecular weight excluding hydrogens is 515 g/mol. The second kappa shape index (κ2) is 9.09. The molecule has 194 valence electrons. The van der Waals surface area contributed by atoms with E-state index in [1.165, 1.54) is 6.07 Å². The topological polar surface area (TPSA) is 100 Å². The summed E-state index contributed by atoms with van der Waals surface area (Å²) in [5, 5.41) is 28.5. The van der Waals surface area contributed by atoms with Crippen LogP contribution in [-0.4, -0.2) is 43.5 Å². The monoisotopic (exact) mass is 528 g/mol. The van der Waals surface area contributed by atoms with E-state index in [9.17, 15) is 54.5 Å². The SMILES string of the molecule is O=C(Nc1ccc(C(O)(C(F)(F)F)C(F)(F)F)cc1)C(O)c1cn(-c2cccc(C(F)(F)F)c2)nn1. The van der Waals surface area contributed by atoms with E-state index in [2.05, 4.69) is 10.3 Å². The Balaban J connectivity index is 1.77. The van der Waals surface area contributed by atoms with Crippen LogP contribution in [0.3, 0.4) is 0 Å². The Bertz CT molecular complexity index is 1220. The van der Waals surface area contributed by atoms with E-state index in [0.717, 1.165) is 29.1 Å². The Hall–Kier alpha value is -3.66. The van der Waals surface area contributed by atoms with Gasteiger partial charge < -0.3 is 15.5 Å². The molecule has 0 fully saturated rings. The first-order valence-corrected chi connectivity index (χ1v) is 9.50. The van der Waals surface area contributed by atoms with Gasteiger partial charge in [-0.05, 0) is 30.3 Å². The van der Waals surface area contributed by atoms with E-state index in [1.54, 1.807) is 0 Å². The van der Waals surface area contributed by atoms with Crippen LogP contribution in [0.2, 0.25) is 0 Å². The zero-order valence-corrected chi connectivity index (χ0v) is 17.3. The number of nitrogens with zero attached hydrogens (tertiary/aromatic N) is 3. The summed E-state index contributed by atoms with van der Waals surface area (Å²) in [6, 6.07) is 5.69. The van der Waals surface area contributed by atoms with Gasteiger partial charge >= 0.3 is 18.5 Å². The number of aliphatic hydroxyl groups is 2. The molecule has 1 atom stereocenters. The van der Waals surface area contributed by atoms with Crippen molar-refractivity contribution in [2.75, 3.05) is 5.32 Å². The fraction of sp³-hybridized carbons (Fsp3) is 0.250. The molecule has 36 heavy (non-hydrogen) atoms. The smallest absolute Gasteiger partial charge is 0.377 e. The summed E-state index contributed by atoms with van der Waals surface area (Å²) in [5.41, 5.74) is -8.60. The van der Waals surface area contributed by atoms with E-state index in [4.69, 9.17) is 0 Å². The van der Waals surface area contributed by atoms with Crippen LogP contribution in [0.4, 0.5) is 45.2 Å². The highest BCUT2D eigenvalue weighted by atomic mass is 19.4. The minimum absolute atomic E-state index is 0.103. The van der Waals surface area contributed by atoms with Crippen molar-refractivity contribution in [1.29, 1.82) is 0 Å². The van der Waals surface area contributed by atoms with Gasteiger partial charge in [0.2, 0.25) is 0 Å². The van der Waals surface area contributed by atoms with Crippen molar-refractivity contribution >= 4 is 11.6 Å². The van der Waals surface area contributed by atoms with Gasteiger partial charge in [0, 0.05) is 11.3 Å². The standard InChI is InChI=1S/C20H13F9N4O3/c21-18(22,23)11-2-1-3-13(8-11)33-9-14(31-32-33)15(34)16(35)30-12-6-4-10(5-7-12)17(36,19(24,25)26)20(27,28)29/h1-9,15,34,36H,(H,30,35). The molecular formula is C20H13F9N4O3. The highest BCUT2D eigenvalue weighted by Crippen LogP contribution is 2.50. The zero-order chi connectivity index (χ0) is 27.1. The number of halogens is 9. The van der Waals surface area contributed by atoms with E-state index in [0.29, 0.717) is 12.1 Å². The Kier molecular flexibility index (Phi) is 6.80. The first-order valence-electron chi connectivity index (χ1n) is 9.50. The number of hydrogen-bond donors (Lipinski definition) is 3. The van der Waals surface area contributed by atoms with Gasteiger partial charge in [-0.15, -0.1) is 5.10 Å². The molecule has 0 aliphatic heterocycles. The highest BCUT2D eigenvalue weighted by Gasteiger charge is 2.71. The molecule has 0 bridgehead atoms. The molecule has 1 amide bonds. The zero-order valence-electron chi connectivity index (χ0n) is 17.3. The van der Waals surface area contributed by atoms with Gasteiger partial charge in [-0.25, -0.2) is 4.68 Å². The van der Waals surface area contributed by atoms with Crippen LogP contribution in [0.15, 0.2) is 54.7 Å². The van der Waals surface area contributed by atoms with Gasteiger partial charge in [0.05, 0.1) is 17.4 Å². The molecule has 3 aromatic rings. The quantitative estimate of drug-likeness (QED) is 0.430. The van der Waals surface area contributed by atoms with Crippen molar-refractivity contribution < 1.29 is 54.5 Å². The minimum atomic E-state index is -6.10. The predicted octanol–water partition coefficient (Wildman–Crippen LogP) is 4.27. The van der Waals surface area contributed by atoms with E-state index < -0.39 is 53.0 Å². The number of aliphatic hydroxyl groups excluding tert-OH is 1. The highest BCUT2D eigenvalue weighted by molar-refractivity contribution is 5.94. The van der Waals surface area contributed by atoms with Crippen molar-refractivity contribution in [3.8, 4) is 5.69 Å². The third-order valence-electron chi connectivity index (χ3n) is 4.87. The molecule has 0 saturated heterocycles. The number of carbonyl (C=O) groups is 1. The lowest BCUT2D eigenvalue weighted by Gasteiger charge is -2.32. The number of amides is 1. The molecule has 1 heterocycles. The van der Waals surface area contributed by atoms with Gasteiger partial charge in [0.1, 0.15) is 5.69 Å². The minimum Gasteiger partial charge on any atom is -0.377 e. The van der Waals surface area contributed by atoms with E-state index in [-0.39, 0.29) is 23.5 Å². The molecule has 0 radical (unpaired) electrons. The number of aromatic nitrogens is 3. The third-order valence-corrected chi connectivity index (χ3v) is 4.87. The largest absolute Gasteiger partial charge is 0.430 e. The maximum atomic E-state index is 13.0. The molecule has 1 aromatic heterocycles. The van der Waals surface area contributed by atoms with Crippen molar-refractivity contribution in [3.63, 3.8) is 0 Å². The lowest BCUT2D eigenvalue weighted by atomic mass is 9.92. The molecule has 1 unspecified atom stereocenters. The maximum absolute atomic E-state index is 13.0. The number of alkyl halides is 9. The summed E-state index contributed by atoms with van der Waals surface area (Å²) < 4.78 is 117. The fourth-order valence-electron chi connectivity index (χ4n) is 2.98. The summed E-state index contributed by atoms with van der Waals surface area (Å²) in [7, 11) is 0. The van der Waals surface area contributed by atoms with Crippen LogP contribution in [0.1, 0.15) is 22.9 Å². The first-order chi connectivity index (χ1) is 16.4. The van der Waals surface area contributed by atoms with Crippen LogP contribution in [0.25, 0.3) is 5.69 Å². The molecule has 0 spiro atoms. The summed E-state index contributed by atoms with van der Waals surface area (Å²) in [5.74, 6) is -1.24. The van der Waals surface area contributed by atoms with Gasteiger partial charge in [-0.1, -0.05) is 23.4 Å². The van der Waals surface area contributed by atoms with Crippen molar-refractivity contribution in [2.45, 2.75) is 30.2 Å². The maximum Gasteiger partial charge on any atom is 0.430 e. The van der Waals surface area contributed by atoms with Gasteiger partial charge in [0.25, 0.3) is 11.5 Å². The molecule has 2 aromatic carbocycles. The molecule has 16 heteroatoms.